The maximum absolute atomic E-state index is 5.18. The molecular formula is C21H24N4O. The van der Waals surface area contributed by atoms with Crippen molar-refractivity contribution in [2.45, 2.75) is 26.9 Å². The standard InChI is InChI=1S/C21H24N4O/c1-15-5-4-6-18(11-15)14-23-21-12-20(24-16(2)25-21)22-13-17-7-9-19(26-3)10-8-17/h4-12H,13-14H2,1-3H3,(H2,22,23,24,25). The van der Waals surface area contributed by atoms with E-state index in [1.54, 1.807) is 7.11 Å². The van der Waals surface area contributed by atoms with Crippen molar-refractivity contribution < 1.29 is 4.74 Å². The number of methoxy groups -OCH3 is 1. The second-order valence-corrected chi connectivity index (χ2v) is 6.23. The van der Waals surface area contributed by atoms with Crippen molar-refractivity contribution in [2.24, 2.45) is 0 Å². The predicted molar refractivity (Wildman–Crippen MR) is 106 cm³/mol. The van der Waals surface area contributed by atoms with Gasteiger partial charge in [-0.25, -0.2) is 9.97 Å². The second kappa shape index (κ2) is 8.34. The van der Waals surface area contributed by atoms with E-state index in [2.05, 4.69) is 51.8 Å². The minimum atomic E-state index is 0.692. The summed E-state index contributed by atoms with van der Waals surface area (Å²) in [5.41, 5.74) is 3.65. The van der Waals surface area contributed by atoms with E-state index < -0.39 is 0 Å². The molecular weight excluding hydrogens is 324 g/mol. The summed E-state index contributed by atoms with van der Waals surface area (Å²) in [7, 11) is 1.67. The molecule has 134 valence electrons. The van der Waals surface area contributed by atoms with E-state index in [1.165, 1.54) is 11.1 Å². The van der Waals surface area contributed by atoms with Crippen molar-refractivity contribution in [1.82, 2.24) is 9.97 Å². The average Bonchev–Trinajstić information content (AvgIpc) is 2.65. The van der Waals surface area contributed by atoms with Crippen molar-refractivity contribution >= 4 is 11.6 Å². The van der Waals surface area contributed by atoms with Crippen LogP contribution < -0.4 is 15.4 Å². The maximum atomic E-state index is 5.18. The molecule has 0 amide bonds. The van der Waals surface area contributed by atoms with Crippen LogP contribution in [0.5, 0.6) is 5.75 Å². The number of nitrogens with one attached hydrogen (secondary N) is 2. The van der Waals surface area contributed by atoms with E-state index in [1.807, 2.05) is 37.3 Å². The van der Waals surface area contributed by atoms with E-state index in [4.69, 9.17) is 4.74 Å². The van der Waals surface area contributed by atoms with E-state index >= 15 is 0 Å². The average molecular weight is 348 g/mol. The molecule has 0 aliphatic carbocycles. The Morgan fingerprint density at radius 1 is 0.808 bits per heavy atom. The molecule has 0 aliphatic rings. The Balaban J connectivity index is 1.63. The molecule has 0 saturated carbocycles. The van der Waals surface area contributed by atoms with Crippen molar-refractivity contribution in [3.8, 4) is 5.75 Å². The topological polar surface area (TPSA) is 59.1 Å². The Labute approximate surface area is 154 Å². The van der Waals surface area contributed by atoms with Gasteiger partial charge in [0.1, 0.15) is 23.2 Å². The first-order chi connectivity index (χ1) is 12.6. The maximum Gasteiger partial charge on any atom is 0.132 e. The normalized spacial score (nSPS) is 10.4. The second-order valence-electron chi connectivity index (χ2n) is 6.23. The third-order valence-corrected chi connectivity index (χ3v) is 4.03. The van der Waals surface area contributed by atoms with Crippen LogP contribution in [-0.2, 0) is 13.1 Å². The van der Waals surface area contributed by atoms with E-state index in [9.17, 15) is 0 Å². The number of benzene rings is 2. The van der Waals surface area contributed by atoms with E-state index in [-0.39, 0.29) is 0 Å². The minimum Gasteiger partial charge on any atom is -0.497 e. The lowest BCUT2D eigenvalue weighted by Crippen LogP contribution is -2.07. The fourth-order valence-electron chi connectivity index (χ4n) is 2.70. The largest absolute Gasteiger partial charge is 0.497 e. The van der Waals surface area contributed by atoms with Gasteiger partial charge in [0.15, 0.2) is 0 Å². The summed E-state index contributed by atoms with van der Waals surface area (Å²) in [6.07, 6.45) is 0. The highest BCUT2D eigenvalue weighted by molar-refractivity contribution is 5.48. The third kappa shape index (κ3) is 4.96. The SMILES string of the molecule is COc1ccc(CNc2cc(NCc3cccc(C)c3)nc(C)n2)cc1. The van der Waals surface area contributed by atoms with Gasteiger partial charge in [0.05, 0.1) is 7.11 Å². The number of rotatable bonds is 7. The zero-order valence-corrected chi connectivity index (χ0v) is 15.4. The molecule has 2 N–H and O–H groups in total. The molecule has 5 nitrogen and oxygen atoms in total. The van der Waals surface area contributed by atoms with Gasteiger partial charge < -0.3 is 15.4 Å². The molecule has 1 aromatic heterocycles. The fraction of sp³-hybridized carbons (Fsp3) is 0.238. The molecule has 0 saturated heterocycles. The van der Waals surface area contributed by atoms with Crippen LogP contribution in [-0.4, -0.2) is 17.1 Å². The Bertz CT molecular complexity index is 862. The van der Waals surface area contributed by atoms with Crippen LogP contribution in [0.4, 0.5) is 11.6 Å². The smallest absolute Gasteiger partial charge is 0.132 e. The Kier molecular flexibility index (Phi) is 5.69. The molecule has 3 aromatic rings. The summed E-state index contributed by atoms with van der Waals surface area (Å²) >= 11 is 0. The van der Waals surface area contributed by atoms with Crippen LogP contribution in [0.15, 0.2) is 54.6 Å². The first-order valence-corrected chi connectivity index (χ1v) is 8.64. The molecule has 5 heteroatoms. The van der Waals surface area contributed by atoms with Crippen LogP contribution in [0.25, 0.3) is 0 Å². The van der Waals surface area contributed by atoms with Crippen LogP contribution in [0, 0.1) is 13.8 Å². The lowest BCUT2D eigenvalue weighted by Gasteiger charge is -2.11. The highest BCUT2D eigenvalue weighted by Gasteiger charge is 2.03. The molecule has 0 unspecified atom stereocenters. The van der Waals surface area contributed by atoms with Gasteiger partial charge in [-0.3, -0.25) is 0 Å². The zero-order chi connectivity index (χ0) is 18.4. The molecule has 1 heterocycles. The number of ether oxygens (including phenoxy) is 1. The molecule has 0 bridgehead atoms. The van der Waals surface area contributed by atoms with Crippen LogP contribution in [0.3, 0.4) is 0 Å². The van der Waals surface area contributed by atoms with Gasteiger partial charge in [-0.2, -0.15) is 0 Å². The highest BCUT2D eigenvalue weighted by atomic mass is 16.5. The summed E-state index contributed by atoms with van der Waals surface area (Å²) in [5.74, 6) is 3.21. The van der Waals surface area contributed by atoms with Crippen molar-refractivity contribution in [2.75, 3.05) is 17.7 Å². The van der Waals surface area contributed by atoms with Gasteiger partial charge in [0.25, 0.3) is 0 Å². The zero-order valence-electron chi connectivity index (χ0n) is 15.4. The molecule has 0 radical (unpaired) electrons. The predicted octanol–water partition coefficient (Wildman–Crippen LogP) is 4.33. The Morgan fingerprint density at radius 3 is 2.08 bits per heavy atom. The number of anilines is 2. The van der Waals surface area contributed by atoms with Crippen LogP contribution in [0.2, 0.25) is 0 Å². The van der Waals surface area contributed by atoms with Gasteiger partial charge in [-0.15, -0.1) is 0 Å². The van der Waals surface area contributed by atoms with Crippen LogP contribution >= 0.6 is 0 Å². The number of aromatic nitrogens is 2. The quantitative estimate of drug-likeness (QED) is 0.666. The molecule has 0 atom stereocenters. The molecule has 2 aromatic carbocycles. The van der Waals surface area contributed by atoms with Crippen molar-refractivity contribution in [3.63, 3.8) is 0 Å². The van der Waals surface area contributed by atoms with Crippen LogP contribution in [0.1, 0.15) is 22.5 Å². The highest BCUT2D eigenvalue weighted by Crippen LogP contribution is 2.16. The molecule has 3 rings (SSSR count). The summed E-state index contributed by atoms with van der Waals surface area (Å²) in [4.78, 5) is 8.94. The number of aryl methyl sites for hydroxylation is 2. The van der Waals surface area contributed by atoms with Crippen molar-refractivity contribution in [3.05, 3.63) is 77.1 Å². The lowest BCUT2D eigenvalue weighted by molar-refractivity contribution is 0.414. The van der Waals surface area contributed by atoms with Crippen molar-refractivity contribution in [1.29, 1.82) is 0 Å². The fourth-order valence-corrected chi connectivity index (χ4v) is 2.70. The van der Waals surface area contributed by atoms with Gasteiger partial charge in [0.2, 0.25) is 0 Å². The van der Waals surface area contributed by atoms with E-state index in [0.29, 0.717) is 6.54 Å². The first kappa shape index (κ1) is 17.7. The van der Waals surface area contributed by atoms with Gasteiger partial charge in [0, 0.05) is 19.2 Å². The molecule has 0 aliphatic heterocycles. The van der Waals surface area contributed by atoms with E-state index in [0.717, 1.165) is 35.3 Å². The molecule has 0 fully saturated rings. The lowest BCUT2D eigenvalue weighted by atomic mass is 10.1. The summed E-state index contributed by atoms with van der Waals surface area (Å²) in [5, 5.41) is 6.73. The summed E-state index contributed by atoms with van der Waals surface area (Å²) in [6, 6.07) is 18.4. The third-order valence-electron chi connectivity index (χ3n) is 4.03. The Morgan fingerprint density at radius 2 is 1.46 bits per heavy atom. The Hall–Kier alpha value is -3.08. The van der Waals surface area contributed by atoms with Gasteiger partial charge in [-0.1, -0.05) is 42.0 Å². The number of nitrogens with zero attached hydrogens (tertiary/aromatic N) is 2. The molecule has 26 heavy (non-hydrogen) atoms. The number of hydrogen-bond donors (Lipinski definition) is 2. The summed E-state index contributed by atoms with van der Waals surface area (Å²) in [6.45, 7) is 5.42. The molecule has 0 spiro atoms. The minimum absolute atomic E-state index is 0.692. The number of hydrogen-bond acceptors (Lipinski definition) is 5. The first-order valence-electron chi connectivity index (χ1n) is 8.64. The monoisotopic (exact) mass is 348 g/mol. The summed E-state index contributed by atoms with van der Waals surface area (Å²) < 4.78 is 5.18. The van der Waals surface area contributed by atoms with Gasteiger partial charge >= 0.3 is 0 Å². The van der Waals surface area contributed by atoms with Gasteiger partial charge in [-0.05, 0) is 37.1 Å².